The van der Waals surface area contributed by atoms with Crippen molar-refractivity contribution < 1.29 is 4.79 Å². The van der Waals surface area contributed by atoms with E-state index in [0.29, 0.717) is 32.4 Å². The van der Waals surface area contributed by atoms with Crippen molar-refractivity contribution in [1.82, 2.24) is 19.3 Å². The molecule has 0 spiro atoms. The third-order valence-corrected chi connectivity index (χ3v) is 6.02. The van der Waals surface area contributed by atoms with E-state index in [0.717, 1.165) is 0 Å². The van der Waals surface area contributed by atoms with Crippen LogP contribution in [-0.2, 0) is 7.05 Å². The average Bonchev–Trinajstić information content (AvgIpc) is 3.25. The number of carbonyl (C=O) groups is 1. The Labute approximate surface area is 148 Å². The summed E-state index contributed by atoms with van der Waals surface area (Å²) in [5.74, 6) is 1.09. The first kappa shape index (κ1) is 16.0. The molecule has 0 aromatic carbocycles. The van der Waals surface area contributed by atoms with Gasteiger partial charge < -0.3 is 9.88 Å². The van der Waals surface area contributed by atoms with Crippen LogP contribution in [0, 0.1) is 12.8 Å². The number of aromatic nitrogens is 4. The lowest BCUT2D eigenvalue weighted by Crippen LogP contribution is -2.19. The summed E-state index contributed by atoms with van der Waals surface area (Å²) >= 11 is 1.24. The second kappa shape index (κ2) is 5.80. The minimum Gasteiger partial charge on any atom is -0.306 e. The van der Waals surface area contributed by atoms with Crippen LogP contribution in [0.3, 0.4) is 0 Å². The van der Waals surface area contributed by atoms with Crippen LogP contribution < -0.4 is 10.9 Å². The molecule has 1 unspecified atom stereocenters. The maximum Gasteiger partial charge on any atom is 0.267 e. The maximum atomic E-state index is 12.8. The number of anilines is 1. The fourth-order valence-corrected chi connectivity index (χ4v) is 4.15. The van der Waals surface area contributed by atoms with Gasteiger partial charge in [0.25, 0.3) is 11.5 Å². The first-order valence-electron chi connectivity index (χ1n) is 8.27. The third-order valence-electron chi connectivity index (χ3n) is 4.82. The molecule has 0 aliphatic heterocycles. The number of nitrogens with one attached hydrogen (secondary N) is 1. The van der Waals surface area contributed by atoms with Gasteiger partial charge in [0.05, 0.1) is 28.8 Å². The van der Waals surface area contributed by atoms with Crippen LogP contribution in [0.4, 0.5) is 5.82 Å². The Balaban J connectivity index is 1.67. The number of carbonyl (C=O) groups excluding carboxylic acids is 1. The second-order valence-electron chi connectivity index (χ2n) is 6.59. The van der Waals surface area contributed by atoms with Gasteiger partial charge in [0.1, 0.15) is 10.6 Å². The number of thiophene rings is 1. The molecule has 3 heterocycles. The van der Waals surface area contributed by atoms with Crippen LogP contribution in [-0.4, -0.2) is 25.2 Å². The lowest BCUT2D eigenvalue weighted by molar-refractivity contribution is 0.102. The highest BCUT2D eigenvalue weighted by Crippen LogP contribution is 2.40. The van der Waals surface area contributed by atoms with Crippen molar-refractivity contribution in [1.29, 1.82) is 0 Å². The fraction of sp³-hybridized carbons (Fsp3) is 0.412. The Bertz CT molecular complexity index is 1030. The Morgan fingerprint density at radius 1 is 1.44 bits per heavy atom. The van der Waals surface area contributed by atoms with Gasteiger partial charge in [-0.05, 0) is 38.2 Å². The van der Waals surface area contributed by atoms with Gasteiger partial charge in [0.15, 0.2) is 0 Å². The van der Waals surface area contributed by atoms with Crippen LogP contribution in [0.5, 0.6) is 0 Å². The molecule has 25 heavy (non-hydrogen) atoms. The molecule has 1 aliphatic carbocycles. The zero-order chi connectivity index (χ0) is 17.7. The van der Waals surface area contributed by atoms with E-state index < -0.39 is 0 Å². The van der Waals surface area contributed by atoms with Crippen molar-refractivity contribution in [2.24, 2.45) is 13.0 Å². The molecule has 1 aliphatic rings. The minimum absolute atomic E-state index is 0.134. The smallest absolute Gasteiger partial charge is 0.267 e. The molecule has 0 saturated heterocycles. The predicted molar refractivity (Wildman–Crippen MR) is 97.2 cm³/mol. The first-order valence-corrected chi connectivity index (χ1v) is 9.08. The number of fused-ring (bicyclic) bond motifs is 1. The summed E-state index contributed by atoms with van der Waals surface area (Å²) in [6, 6.07) is 2.07. The van der Waals surface area contributed by atoms with Gasteiger partial charge in [-0.1, -0.05) is 0 Å². The van der Waals surface area contributed by atoms with Crippen molar-refractivity contribution in [3.8, 4) is 0 Å². The summed E-state index contributed by atoms with van der Waals surface area (Å²) < 4.78 is 3.30. The molecule has 4 rings (SSSR count). The Morgan fingerprint density at radius 2 is 2.20 bits per heavy atom. The molecule has 8 heteroatoms. The van der Waals surface area contributed by atoms with Crippen molar-refractivity contribution >= 4 is 33.3 Å². The van der Waals surface area contributed by atoms with E-state index in [2.05, 4.69) is 22.3 Å². The largest absolute Gasteiger partial charge is 0.306 e. The standard InChI is InChI=1S/C17H19N5O2S/c1-9-13-16(18-8-21(3)17(13)24)25-14(9)15(23)20-12-6-7-19-22(12)10(2)11-4-5-11/h6-8,10-11H,4-5H2,1-3H3,(H,20,23). The maximum absolute atomic E-state index is 12.8. The van der Waals surface area contributed by atoms with Gasteiger partial charge in [-0.25, -0.2) is 9.67 Å². The zero-order valence-corrected chi connectivity index (χ0v) is 15.1. The van der Waals surface area contributed by atoms with Gasteiger partial charge in [-0.2, -0.15) is 5.10 Å². The van der Waals surface area contributed by atoms with E-state index in [1.54, 1.807) is 26.2 Å². The van der Waals surface area contributed by atoms with E-state index >= 15 is 0 Å². The topological polar surface area (TPSA) is 81.8 Å². The Kier molecular flexibility index (Phi) is 3.72. The molecular formula is C17H19N5O2S. The summed E-state index contributed by atoms with van der Waals surface area (Å²) in [5, 5.41) is 7.81. The van der Waals surface area contributed by atoms with Crippen molar-refractivity contribution in [2.75, 3.05) is 5.32 Å². The summed E-state index contributed by atoms with van der Waals surface area (Å²) in [7, 11) is 1.66. The van der Waals surface area contributed by atoms with E-state index in [4.69, 9.17) is 0 Å². The molecular weight excluding hydrogens is 338 g/mol. The van der Waals surface area contributed by atoms with E-state index in [1.807, 2.05) is 4.68 Å². The number of hydrogen-bond donors (Lipinski definition) is 1. The molecule has 0 radical (unpaired) electrons. The third kappa shape index (κ3) is 2.66. The normalized spacial score (nSPS) is 15.5. The SMILES string of the molecule is Cc1c(C(=O)Nc2ccnn2C(C)C2CC2)sc2ncn(C)c(=O)c12. The van der Waals surface area contributed by atoms with Crippen molar-refractivity contribution in [3.63, 3.8) is 0 Å². The lowest BCUT2D eigenvalue weighted by atomic mass is 10.2. The Hall–Kier alpha value is -2.48. The average molecular weight is 357 g/mol. The number of rotatable bonds is 4. The predicted octanol–water partition coefficient (Wildman–Crippen LogP) is 2.72. The summed E-state index contributed by atoms with van der Waals surface area (Å²) in [6.45, 7) is 3.92. The Morgan fingerprint density at radius 3 is 2.92 bits per heavy atom. The van der Waals surface area contributed by atoms with Crippen LogP contribution in [0.1, 0.15) is 41.0 Å². The summed E-state index contributed by atoms with van der Waals surface area (Å²) in [6.07, 6.45) is 5.59. The molecule has 1 N–H and O–H groups in total. The molecule has 3 aromatic heterocycles. The van der Waals surface area contributed by atoms with Gasteiger partial charge in [-0.15, -0.1) is 11.3 Å². The molecule has 1 fully saturated rings. The van der Waals surface area contributed by atoms with Crippen molar-refractivity contribution in [2.45, 2.75) is 32.7 Å². The zero-order valence-electron chi connectivity index (χ0n) is 14.3. The molecule has 3 aromatic rings. The highest BCUT2D eigenvalue weighted by molar-refractivity contribution is 7.20. The first-order chi connectivity index (χ1) is 12.0. The quantitative estimate of drug-likeness (QED) is 0.778. The fourth-order valence-electron chi connectivity index (χ4n) is 3.11. The lowest BCUT2D eigenvalue weighted by Gasteiger charge is -2.15. The van der Waals surface area contributed by atoms with Crippen LogP contribution in [0.2, 0.25) is 0 Å². The molecule has 0 bridgehead atoms. The highest BCUT2D eigenvalue weighted by Gasteiger charge is 2.31. The number of amides is 1. The van der Waals surface area contributed by atoms with Gasteiger partial charge in [-0.3, -0.25) is 9.59 Å². The van der Waals surface area contributed by atoms with Gasteiger partial charge in [0.2, 0.25) is 0 Å². The number of nitrogens with zero attached hydrogens (tertiary/aromatic N) is 4. The number of hydrogen-bond acceptors (Lipinski definition) is 5. The molecule has 1 saturated carbocycles. The van der Waals surface area contributed by atoms with Crippen LogP contribution >= 0.6 is 11.3 Å². The monoisotopic (exact) mass is 357 g/mol. The highest BCUT2D eigenvalue weighted by atomic mass is 32.1. The van der Waals surface area contributed by atoms with Crippen LogP contribution in [0.15, 0.2) is 23.4 Å². The van der Waals surface area contributed by atoms with Gasteiger partial charge >= 0.3 is 0 Å². The van der Waals surface area contributed by atoms with Gasteiger partial charge in [0, 0.05) is 13.1 Å². The number of aryl methyl sites for hydroxylation is 2. The molecule has 7 nitrogen and oxygen atoms in total. The molecule has 1 amide bonds. The van der Waals surface area contributed by atoms with E-state index in [-0.39, 0.29) is 17.5 Å². The minimum atomic E-state index is -0.229. The molecule has 130 valence electrons. The molecule has 1 atom stereocenters. The van der Waals surface area contributed by atoms with E-state index in [9.17, 15) is 9.59 Å². The second-order valence-corrected chi connectivity index (χ2v) is 7.59. The summed E-state index contributed by atoms with van der Waals surface area (Å²) in [4.78, 5) is 30.5. The van der Waals surface area contributed by atoms with E-state index in [1.165, 1.54) is 35.1 Å². The van der Waals surface area contributed by atoms with Crippen molar-refractivity contribution in [3.05, 3.63) is 39.4 Å². The van der Waals surface area contributed by atoms with Crippen LogP contribution in [0.25, 0.3) is 10.2 Å². The summed E-state index contributed by atoms with van der Waals surface area (Å²) in [5.41, 5.74) is 0.540.